The zero-order chi connectivity index (χ0) is 15.8. The van der Waals surface area contributed by atoms with E-state index < -0.39 is 8.32 Å². The van der Waals surface area contributed by atoms with Gasteiger partial charge in [0.2, 0.25) is 0 Å². The zero-order valence-electron chi connectivity index (χ0n) is 14.1. The molecule has 0 amide bonds. The van der Waals surface area contributed by atoms with Gasteiger partial charge >= 0.3 is 0 Å². The van der Waals surface area contributed by atoms with Crippen LogP contribution in [0.1, 0.15) is 37.5 Å². The Morgan fingerprint density at radius 3 is 2.38 bits per heavy atom. The van der Waals surface area contributed by atoms with Crippen molar-refractivity contribution in [1.82, 2.24) is 4.98 Å². The molecule has 0 aliphatic carbocycles. The molecule has 0 unspecified atom stereocenters. The Balaban J connectivity index is 2.33. The van der Waals surface area contributed by atoms with Crippen molar-refractivity contribution in [3.05, 3.63) is 35.0 Å². The second kappa shape index (κ2) is 5.59. The summed E-state index contributed by atoms with van der Waals surface area (Å²) in [7, 11) is -1.73. The standard InChI is InChI=1S/C17H28N2OSi/c1-12-10-19-16-14(8-7-13(9-18)15(12)16)11-20-21(5,6)17(2,3)4/h7-8,10,19H,9,11,18H2,1-6H3. The minimum absolute atomic E-state index is 0.231. The molecule has 0 spiro atoms. The van der Waals surface area contributed by atoms with Crippen LogP contribution in [0.25, 0.3) is 10.9 Å². The van der Waals surface area contributed by atoms with Gasteiger partial charge in [-0.3, -0.25) is 0 Å². The summed E-state index contributed by atoms with van der Waals surface area (Å²) in [6.45, 7) is 14.7. The van der Waals surface area contributed by atoms with Gasteiger partial charge in [-0.1, -0.05) is 32.9 Å². The Bertz CT molecular complexity index is 638. The average molecular weight is 305 g/mol. The summed E-state index contributed by atoms with van der Waals surface area (Å²) in [5, 5.41) is 1.49. The molecule has 0 radical (unpaired) electrons. The Morgan fingerprint density at radius 1 is 1.19 bits per heavy atom. The molecule has 1 aromatic heterocycles. The third kappa shape index (κ3) is 3.07. The Hall–Kier alpha value is -1.10. The molecule has 116 valence electrons. The number of nitrogens with one attached hydrogen (secondary N) is 1. The second-order valence-corrected chi connectivity index (χ2v) is 12.2. The molecule has 0 aliphatic rings. The number of H-pyrrole nitrogens is 1. The lowest BCUT2D eigenvalue weighted by Crippen LogP contribution is -2.40. The fourth-order valence-corrected chi connectivity index (χ4v) is 3.27. The number of hydrogen-bond acceptors (Lipinski definition) is 2. The molecule has 3 nitrogen and oxygen atoms in total. The van der Waals surface area contributed by atoms with E-state index >= 15 is 0 Å². The van der Waals surface area contributed by atoms with Gasteiger partial charge in [0.1, 0.15) is 0 Å². The van der Waals surface area contributed by atoms with Gasteiger partial charge in [-0.05, 0) is 36.2 Å². The lowest BCUT2D eigenvalue weighted by atomic mass is 10.0. The molecule has 0 aliphatic heterocycles. The molecule has 0 saturated carbocycles. The van der Waals surface area contributed by atoms with Gasteiger partial charge in [-0.2, -0.15) is 0 Å². The number of aromatic nitrogens is 1. The SMILES string of the molecule is Cc1c[nH]c2c(CO[Si](C)(C)C(C)(C)C)ccc(CN)c12. The molecule has 21 heavy (non-hydrogen) atoms. The van der Waals surface area contributed by atoms with Crippen molar-refractivity contribution in [2.75, 3.05) is 0 Å². The van der Waals surface area contributed by atoms with Gasteiger partial charge < -0.3 is 15.1 Å². The van der Waals surface area contributed by atoms with E-state index in [1.807, 2.05) is 0 Å². The summed E-state index contributed by atoms with van der Waals surface area (Å²) in [4.78, 5) is 3.39. The van der Waals surface area contributed by atoms with Crippen molar-refractivity contribution in [3.63, 3.8) is 0 Å². The summed E-state index contributed by atoms with van der Waals surface area (Å²) in [5.41, 5.74) is 10.7. The minimum Gasteiger partial charge on any atom is -0.412 e. The highest BCUT2D eigenvalue weighted by molar-refractivity contribution is 6.74. The van der Waals surface area contributed by atoms with Crippen LogP contribution in [0, 0.1) is 6.92 Å². The van der Waals surface area contributed by atoms with E-state index in [1.54, 1.807) is 0 Å². The van der Waals surface area contributed by atoms with Gasteiger partial charge in [-0.15, -0.1) is 0 Å². The Morgan fingerprint density at radius 2 is 1.81 bits per heavy atom. The van der Waals surface area contributed by atoms with Gasteiger partial charge in [0.05, 0.1) is 12.1 Å². The molecule has 0 bridgehead atoms. The van der Waals surface area contributed by atoms with Gasteiger partial charge in [0.25, 0.3) is 0 Å². The van der Waals surface area contributed by atoms with E-state index in [1.165, 1.54) is 27.6 Å². The third-order valence-electron chi connectivity index (χ3n) is 4.82. The first-order chi connectivity index (χ1) is 9.67. The smallest absolute Gasteiger partial charge is 0.192 e. The number of nitrogens with two attached hydrogens (primary N) is 1. The third-order valence-corrected chi connectivity index (χ3v) is 9.30. The summed E-state index contributed by atoms with van der Waals surface area (Å²) in [6, 6.07) is 4.28. The van der Waals surface area contributed by atoms with Crippen molar-refractivity contribution in [2.45, 2.75) is 59.0 Å². The van der Waals surface area contributed by atoms with E-state index in [-0.39, 0.29) is 5.04 Å². The monoisotopic (exact) mass is 304 g/mol. The Labute approximate surface area is 129 Å². The molecule has 0 atom stereocenters. The summed E-state index contributed by atoms with van der Waals surface area (Å²) >= 11 is 0. The molecule has 1 heterocycles. The van der Waals surface area contributed by atoms with Crippen molar-refractivity contribution in [2.24, 2.45) is 5.73 Å². The Kier molecular flexibility index (Phi) is 4.33. The van der Waals surface area contributed by atoms with Gasteiger partial charge in [0.15, 0.2) is 8.32 Å². The van der Waals surface area contributed by atoms with E-state index in [2.05, 4.69) is 64.1 Å². The second-order valence-electron chi connectivity index (χ2n) is 7.36. The van der Waals surface area contributed by atoms with Crippen LogP contribution < -0.4 is 5.73 Å². The number of aromatic amines is 1. The highest BCUT2D eigenvalue weighted by Crippen LogP contribution is 2.37. The van der Waals surface area contributed by atoms with Crippen LogP contribution >= 0.6 is 0 Å². The molecule has 0 saturated heterocycles. The number of aryl methyl sites for hydroxylation is 1. The maximum atomic E-state index is 6.36. The number of fused-ring (bicyclic) bond motifs is 1. The maximum absolute atomic E-state index is 6.36. The van der Waals surface area contributed by atoms with E-state index in [0.29, 0.717) is 13.2 Å². The summed E-state index contributed by atoms with van der Waals surface area (Å²) in [6.07, 6.45) is 2.06. The van der Waals surface area contributed by atoms with Crippen LogP contribution in [0.4, 0.5) is 0 Å². The van der Waals surface area contributed by atoms with Crippen molar-refractivity contribution in [1.29, 1.82) is 0 Å². The van der Waals surface area contributed by atoms with E-state index in [0.717, 1.165) is 0 Å². The quantitative estimate of drug-likeness (QED) is 0.820. The topological polar surface area (TPSA) is 51.0 Å². The largest absolute Gasteiger partial charge is 0.412 e. The summed E-state index contributed by atoms with van der Waals surface area (Å²) in [5.74, 6) is 0. The first kappa shape index (κ1) is 16.3. The first-order valence-electron chi connectivity index (χ1n) is 7.60. The summed E-state index contributed by atoms with van der Waals surface area (Å²) < 4.78 is 6.36. The highest BCUT2D eigenvalue weighted by atomic mass is 28.4. The van der Waals surface area contributed by atoms with Crippen LogP contribution in [0.15, 0.2) is 18.3 Å². The number of hydrogen-bond donors (Lipinski definition) is 2. The van der Waals surface area contributed by atoms with E-state index in [4.69, 9.17) is 10.2 Å². The lowest BCUT2D eigenvalue weighted by molar-refractivity contribution is 0.277. The lowest BCUT2D eigenvalue weighted by Gasteiger charge is -2.36. The molecule has 4 heteroatoms. The van der Waals surface area contributed by atoms with Crippen LogP contribution in [0.2, 0.25) is 18.1 Å². The average Bonchev–Trinajstić information content (AvgIpc) is 2.78. The predicted molar refractivity (Wildman–Crippen MR) is 92.9 cm³/mol. The van der Waals surface area contributed by atoms with Gasteiger partial charge in [-0.25, -0.2) is 0 Å². The first-order valence-corrected chi connectivity index (χ1v) is 10.5. The highest BCUT2D eigenvalue weighted by Gasteiger charge is 2.37. The molecular formula is C17H28N2OSi. The fourth-order valence-electron chi connectivity index (χ4n) is 2.32. The molecular weight excluding hydrogens is 276 g/mol. The van der Waals surface area contributed by atoms with Crippen LogP contribution in [-0.4, -0.2) is 13.3 Å². The normalized spacial score (nSPS) is 13.1. The van der Waals surface area contributed by atoms with Crippen molar-refractivity contribution >= 4 is 19.2 Å². The van der Waals surface area contributed by atoms with E-state index in [9.17, 15) is 0 Å². The maximum Gasteiger partial charge on any atom is 0.192 e. The molecule has 0 fully saturated rings. The van der Waals surface area contributed by atoms with Crippen LogP contribution in [0.5, 0.6) is 0 Å². The molecule has 1 aromatic carbocycles. The predicted octanol–water partition coefficient (Wildman–Crippen LogP) is 4.46. The van der Waals surface area contributed by atoms with Crippen molar-refractivity contribution < 1.29 is 4.43 Å². The molecule has 3 N–H and O–H groups in total. The van der Waals surface area contributed by atoms with Crippen LogP contribution in [-0.2, 0) is 17.6 Å². The fraction of sp³-hybridized carbons (Fsp3) is 0.529. The van der Waals surface area contributed by atoms with Crippen molar-refractivity contribution in [3.8, 4) is 0 Å². The van der Waals surface area contributed by atoms with Crippen LogP contribution in [0.3, 0.4) is 0 Å². The number of benzene rings is 1. The molecule has 2 aromatic rings. The van der Waals surface area contributed by atoms with Gasteiger partial charge in [0, 0.05) is 23.7 Å². The molecule has 2 rings (SSSR count). The minimum atomic E-state index is -1.73. The zero-order valence-corrected chi connectivity index (χ0v) is 15.1. The number of rotatable bonds is 4.